The maximum atomic E-state index is 12.9. The van der Waals surface area contributed by atoms with Crippen LogP contribution in [0.1, 0.15) is 21.6 Å². The highest BCUT2D eigenvalue weighted by molar-refractivity contribution is 6.67. The molecule has 136 valence electrons. The molecule has 2 N–H and O–H groups in total. The van der Waals surface area contributed by atoms with Crippen LogP contribution in [0, 0.1) is 0 Å². The fourth-order valence-electron chi connectivity index (χ4n) is 2.14. The van der Waals surface area contributed by atoms with Gasteiger partial charge in [0.1, 0.15) is 0 Å². The number of carbonyl (C=O) groups is 1. The van der Waals surface area contributed by atoms with E-state index in [2.05, 4.69) is 5.10 Å². The first-order valence-electron chi connectivity index (χ1n) is 7.49. The van der Waals surface area contributed by atoms with Crippen LogP contribution in [0.3, 0.4) is 0 Å². The number of carbonyl (C=O) groups excluding carboxylic acids is 1. The van der Waals surface area contributed by atoms with Crippen LogP contribution in [-0.4, -0.2) is 15.0 Å². The molecule has 0 saturated heterocycles. The van der Waals surface area contributed by atoms with E-state index in [1.54, 1.807) is 18.2 Å². The van der Waals surface area contributed by atoms with Crippen molar-refractivity contribution in [3.05, 3.63) is 83.7 Å². The molecule has 26 heavy (non-hydrogen) atoms. The van der Waals surface area contributed by atoms with E-state index in [-0.39, 0.29) is 5.69 Å². The number of halogens is 4. The number of nitrogens with zero attached hydrogens (tertiary/aromatic N) is 2. The van der Waals surface area contributed by atoms with Gasteiger partial charge in [0.05, 0.1) is 17.4 Å². The van der Waals surface area contributed by atoms with Crippen LogP contribution < -0.4 is 5.73 Å². The van der Waals surface area contributed by atoms with Crippen LogP contribution in [0.25, 0.3) is 5.69 Å². The lowest BCUT2D eigenvalue weighted by molar-refractivity contribution is -0.143. The van der Waals surface area contributed by atoms with Crippen molar-refractivity contribution in [2.45, 2.75) is 12.7 Å². The van der Waals surface area contributed by atoms with Crippen LogP contribution in [0.2, 0.25) is 0 Å². The van der Waals surface area contributed by atoms with Gasteiger partial charge in [-0.2, -0.15) is 18.3 Å². The normalized spacial score (nSPS) is 10.8. The van der Waals surface area contributed by atoms with Gasteiger partial charge >= 0.3 is 6.18 Å². The SMILES string of the molecule is NCc1ccccc1.O=C(Cl)c1cnn(-c2ccccc2)c1C(F)(F)F. The molecular weight excluding hydrogens is 367 g/mol. The number of para-hydroxylation sites is 1. The molecule has 0 unspecified atom stereocenters. The molecule has 0 amide bonds. The summed E-state index contributed by atoms with van der Waals surface area (Å²) in [7, 11) is 0. The average molecular weight is 382 g/mol. The first-order chi connectivity index (χ1) is 12.3. The second kappa shape index (κ2) is 8.64. The fraction of sp³-hybridized carbons (Fsp3) is 0.111. The summed E-state index contributed by atoms with van der Waals surface area (Å²) in [6.07, 6.45) is -3.91. The van der Waals surface area contributed by atoms with E-state index in [0.717, 1.165) is 6.20 Å². The predicted octanol–water partition coefficient (Wildman–Crippen LogP) is 4.42. The smallest absolute Gasteiger partial charge is 0.326 e. The summed E-state index contributed by atoms with van der Waals surface area (Å²) in [4.78, 5) is 11.0. The molecule has 1 heterocycles. The lowest BCUT2D eigenvalue weighted by Crippen LogP contribution is -2.16. The third kappa shape index (κ3) is 4.93. The Bertz CT molecular complexity index is 849. The molecule has 0 aliphatic carbocycles. The summed E-state index contributed by atoms with van der Waals surface area (Å²) in [5, 5.41) is 2.38. The summed E-state index contributed by atoms with van der Waals surface area (Å²) >= 11 is 5.12. The van der Waals surface area contributed by atoms with Crippen molar-refractivity contribution < 1.29 is 18.0 Å². The first kappa shape index (κ1) is 19.7. The number of nitrogens with two attached hydrogens (primary N) is 1. The minimum absolute atomic E-state index is 0.203. The third-order valence-corrected chi connectivity index (χ3v) is 3.53. The number of aromatic nitrogens is 2. The zero-order chi connectivity index (χ0) is 19.2. The van der Waals surface area contributed by atoms with E-state index in [1.165, 1.54) is 17.7 Å². The number of alkyl halides is 3. The van der Waals surface area contributed by atoms with Crippen molar-refractivity contribution in [2.24, 2.45) is 5.73 Å². The van der Waals surface area contributed by atoms with Gasteiger partial charge in [-0.3, -0.25) is 4.79 Å². The van der Waals surface area contributed by atoms with E-state index in [0.29, 0.717) is 11.2 Å². The zero-order valence-corrected chi connectivity index (χ0v) is 14.2. The van der Waals surface area contributed by atoms with Gasteiger partial charge in [0.25, 0.3) is 5.24 Å². The van der Waals surface area contributed by atoms with Crippen molar-refractivity contribution in [1.82, 2.24) is 9.78 Å². The van der Waals surface area contributed by atoms with Crippen LogP contribution >= 0.6 is 11.6 Å². The molecule has 0 bridgehead atoms. The minimum Gasteiger partial charge on any atom is -0.326 e. The van der Waals surface area contributed by atoms with E-state index < -0.39 is 22.7 Å². The van der Waals surface area contributed by atoms with Gasteiger partial charge in [-0.1, -0.05) is 48.5 Å². The lowest BCUT2D eigenvalue weighted by atomic mass is 10.2. The largest absolute Gasteiger partial charge is 0.434 e. The van der Waals surface area contributed by atoms with E-state index in [4.69, 9.17) is 17.3 Å². The van der Waals surface area contributed by atoms with Gasteiger partial charge in [0, 0.05) is 6.54 Å². The Balaban J connectivity index is 0.000000254. The molecule has 0 fully saturated rings. The van der Waals surface area contributed by atoms with Crippen molar-refractivity contribution in [1.29, 1.82) is 0 Å². The molecule has 0 saturated carbocycles. The molecule has 0 atom stereocenters. The second-order valence-corrected chi connectivity index (χ2v) is 5.46. The monoisotopic (exact) mass is 381 g/mol. The molecule has 3 rings (SSSR count). The number of benzene rings is 2. The predicted molar refractivity (Wildman–Crippen MR) is 93.1 cm³/mol. The Hall–Kier alpha value is -2.64. The number of hydrogen-bond acceptors (Lipinski definition) is 3. The van der Waals surface area contributed by atoms with Crippen molar-refractivity contribution in [3.63, 3.8) is 0 Å². The summed E-state index contributed by atoms with van der Waals surface area (Å²) in [6, 6.07) is 17.7. The average Bonchev–Trinajstić information content (AvgIpc) is 3.10. The molecule has 8 heteroatoms. The van der Waals surface area contributed by atoms with Crippen LogP contribution in [0.5, 0.6) is 0 Å². The lowest BCUT2D eigenvalue weighted by Gasteiger charge is -2.11. The maximum Gasteiger partial charge on any atom is 0.434 e. The molecule has 0 radical (unpaired) electrons. The third-order valence-electron chi connectivity index (χ3n) is 3.33. The van der Waals surface area contributed by atoms with Gasteiger partial charge in [-0.05, 0) is 29.3 Å². The summed E-state index contributed by atoms with van der Waals surface area (Å²) in [6.45, 7) is 0.640. The van der Waals surface area contributed by atoms with Crippen molar-refractivity contribution >= 4 is 16.8 Å². The topological polar surface area (TPSA) is 60.9 Å². The van der Waals surface area contributed by atoms with E-state index in [9.17, 15) is 18.0 Å². The van der Waals surface area contributed by atoms with Crippen LogP contribution in [-0.2, 0) is 12.7 Å². The van der Waals surface area contributed by atoms with Crippen LogP contribution in [0.15, 0.2) is 66.9 Å². The second-order valence-electron chi connectivity index (χ2n) is 5.12. The summed E-state index contributed by atoms with van der Waals surface area (Å²) in [5.74, 6) is 0. The molecular formula is C18H15ClF3N3O. The molecule has 3 aromatic rings. The van der Waals surface area contributed by atoms with Gasteiger partial charge < -0.3 is 5.73 Å². The van der Waals surface area contributed by atoms with Crippen LogP contribution in [0.4, 0.5) is 13.2 Å². The van der Waals surface area contributed by atoms with Gasteiger partial charge in [0.2, 0.25) is 0 Å². The quantitative estimate of drug-likeness (QED) is 0.683. The highest BCUT2D eigenvalue weighted by Gasteiger charge is 2.40. The van der Waals surface area contributed by atoms with E-state index >= 15 is 0 Å². The van der Waals surface area contributed by atoms with Gasteiger partial charge in [-0.25, -0.2) is 4.68 Å². The summed E-state index contributed by atoms with van der Waals surface area (Å²) < 4.78 is 39.4. The standard InChI is InChI=1S/C11H6ClF3N2O.C7H9N/c12-10(18)8-6-16-17(9(8)11(13,14)15)7-4-2-1-3-5-7;8-6-7-4-2-1-3-5-7/h1-6H;1-5H,6,8H2. The Labute approximate surface area is 153 Å². The van der Waals surface area contributed by atoms with Gasteiger partial charge in [-0.15, -0.1) is 0 Å². The minimum atomic E-state index is -4.72. The Kier molecular flexibility index (Phi) is 6.54. The highest BCUT2D eigenvalue weighted by atomic mass is 35.5. The van der Waals surface area contributed by atoms with Crippen molar-refractivity contribution in [2.75, 3.05) is 0 Å². The first-order valence-corrected chi connectivity index (χ1v) is 7.87. The van der Waals surface area contributed by atoms with Crippen molar-refractivity contribution in [3.8, 4) is 5.69 Å². The van der Waals surface area contributed by atoms with Gasteiger partial charge in [0.15, 0.2) is 5.69 Å². The fourth-order valence-corrected chi connectivity index (χ4v) is 2.28. The molecule has 1 aromatic heterocycles. The maximum absolute atomic E-state index is 12.9. The van der Waals surface area contributed by atoms with E-state index in [1.807, 2.05) is 30.3 Å². The number of rotatable bonds is 3. The zero-order valence-electron chi connectivity index (χ0n) is 13.4. The Morgan fingerprint density at radius 2 is 1.58 bits per heavy atom. The Morgan fingerprint density at radius 3 is 2.00 bits per heavy atom. The molecule has 4 nitrogen and oxygen atoms in total. The molecule has 0 aliphatic rings. The summed E-state index contributed by atoms with van der Waals surface area (Å²) in [5.41, 5.74) is 4.91. The molecule has 0 aliphatic heterocycles. The Morgan fingerprint density at radius 1 is 1.04 bits per heavy atom. The molecule has 2 aromatic carbocycles. The highest BCUT2D eigenvalue weighted by Crippen LogP contribution is 2.34. The molecule has 0 spiro atoms. The number of hydrogen-bond donors (Lipinski definition) is 1.